The molecule has 4 nitrogen and oxygen atoms in total. The fourth-order valence-electron chi connectivity index (χ4n) is 3.80. The van der Waals surface area contributed by atoms with E-state index in [1.165, 1.54) is 25.1 Å². The van der Waals surface area contributed by atoms with Crippen molar-refractivity contribution in [3.63, 3.8) is 0 Å². The van der Waals surface area contributed by atoms with Crippen LogP contribution in [0, 0.1) is 11.6 Å². The SMILES string of the molecule is CC(=O)NC1(c2ccccc2F)CCN(C[C@@H](O)c2ccc(F)cc2)CC1. The van der Waals surface area contributed by atoms with Gasteiger partial charge >= 0.3 is 0 Å². The van der Waals surface area contributed by atoms with Gasteiger partial charge in [-0.15, -0.1) is 0 Å². The quantitative estimate of drug-likeness (QED) is 0.846. The van der Waals surface area contributed by atoms with Gasteiger partial charge in [0.1, 0.15) is 11.6 Å². The van der Waals surface area contributed by atoms with Crippen molar-refractivity contribution < 1.29 is 18.7 Å². The number of aliphatic hydroxyl groups is 1. The minimum absolute atomic E-state index is 0.196. The molecule has 1 atom stereocenters. The predicted molar refractivity (Wildman–Crippen MR) is 98.9 cm³/mol. The number of amides is 1. The minimum Gasteiger partial charge on any atom is -0.387 e. The highest BCUT2D eigenvalue weighted by atomic mass is 19.1. The summed E-state index contributed by atoms with van der Waals surface area (Å²) in [6.45, 7) is 3.05. The summed E-state index contributed by atoms with van der Waals surface area (Å²) in [6, 6.07) is 12.3. The zero-order chi connectivity index (χ0) is 19.4. The number of nitrogens with zero attached hydrogens (tertiary/aromatic N) is 1. The normalized spacial score (nSPS) is 18.1. The summed E-state index contributed by atoms with van der Waals surface area (Å²) in [6.07, 6.45) is 0.361. The Morgan fingerprint density at radius 1 is 1.15 bits per heavy atom. The lowest BCUT2D eigenvalue weighted by Crippen LogP contribution is -2.53. The van der Waals surface area contributed by atoms with Crippen molar-refractivity contribution >= 4 is 5.91 Å². The lowest BCUT2D eigenvalue weighted by Gasteiger charge is -2.43. The van der Waals surface area contributed by atoms with E-state index >= 15 is 0 Å². The van der Waals surface area contributed by atoms with E-state index < -0.39 is 11.6 Å². The van der Waals surface area contributed by atoms with Crippen LogP contribution in [0.3, 0.4) is 0 Å². The molecular weight excluding hydrogens is 350 g/mol. The van der Waals surface area contributed by atoms with E-state index in [4.69, 9.17) is 0 Å². The van der Waals surface area contributed by atoms with Crippen LogP contribution in [-0.2, 0) is 10.3 Å². The Kier molecular flexibility index (Phi) is 5.87. The lowest BCUT2D eigenvalue weighted by atomic mass is 9.80. The highest BCUT2D eigenvalue weighted by Gasteiger charge is 2.39. The second-order valence-corrected chi connectivity index (χ2v) is 7.11. The summed E-state index contributed by atoms with van der Waals surface area (Å²) in [5.74, 6) is -0.863. The van der Waals surface area contributed by atoms with Crippen LogP contribution in [-0.4, -0.2) is 35.5 Å². The maximum absolute atomic E-state index is 14.4. The molecule has 1 amide bonds. The van der Waals surface area contributed by atoms with Gasteiger partial charge in [-0.3, -0.25) is 4.79 Å². The molecule has 2 aromatic carbocycles. The molecule has 6 heteroatoms. The number of hydrogen-bond donors (Lipinski definition) is 2. The van der Waals surface area contributed by atoms with E-state index in [-0.39, 0.29) is 17.5 Å². The molecule has 3 rings (SSSR count). The van der Waals surface area contributed by atoms with Crippen molar-refractivity contribution in [2.24, 2.45) is 0 Å². The molecule has 1 aliphatic heterocycles. The van der Waals surface area contributed by atoms with E-state index in [1.807, 2.05) is 0 Å². The summed E-state index contributed by atoms with van der Waals surface area (Å²) in [5.41, 5.74) is 0.414. The van der Waals surface area contributed by atoms with Crippen LogP contribution < -0.4 is 5.32 Å². The van der Waals surface area contributed by atoms with E-state index in [1.54, 1.807) is 30.3 Å². The number of likely N-dealkylation sites (tertiary alicyclic amines) is 1. The second kappa shape index (κ2) is 8.15. The van der Waals surface area contributed by atoms with Gasteiger partial charge in [0.15, 0.2) is 0 Å². The van der Waals surface area contributed by atoms with E-state index in [0.29, 0.717) is 43.6 Å². The number of rotatable bonds is 5. The molecule has 1 aliphatic rings. The molecule has 0 aromatic heterocycles. The first-order valence-corrected chi connectivity index (χ1v) is 9.09. The van der Waals surface area contributed by atoms with Gasteiger partial charge < -0.3 is 15.3 Å². The Bertz CT molecular complexity index is 787. The van der Waals surface area contributed by atoms with Gasteiger partial charge in [0.25, 0.3) is 0 Å². The molecule has 2 N–H and O–H groups in total. The maximum atomic E-state index is 14.4. The summed E-state index contributed by atoms with van der Waals surface area (Å²) >= 11 is 0. The van der Waals surface area contributed by atoms with Crippen LogP contribution in [0.15, 0.2) is 48.5 Å². The molecule has 1 fully saturated rings. The minimum atomic E-state index is -0.742. The smallest absolute Gasteiger partial charge is 0.217 e. The molecule has 0 radical (unpaired) electrons. The van der Waals surface area contributed by atoms with Crippen molar-refractivity contribution in [3.05, 3.63) is 71.3 Å². The zero-order valence-corrected chi connectivity index (χ0v) is 15.3. The van der Waals surface area contributed by atoms with Gasteiger partial charge in [0.2, 0.25) is 5.91 Å². The third kappa shape index (κ3) is 4.51. The van der Waals surface area contributed by atoms with Crippen molar-refractivity contribution in [1.29, 1.82) is 0 Å². The first-order valence-electron chi connectivity index (χ1n) is 9.09. The van der Waals surface area contributed by atoms with Gasteiger partial charge in [0.05, 0.1) is 11.6 Å². The number of hydrogen-bond acceptors (Lipinski definition) is 3. The molecular formula is C21H24F2N2O2. The standard InChI is InChI=1S/C21H24F2N2O2/c1-15(26)24-21(18-4-2-3-5-19(18)23)10-12-25(13-11-21)14-20(27)16-6-8-17(22)9-7-16/h2-9,20,27H,10-14H2,1H3,(H,24,26)/t20-/m1/s1. The summed E-state index contributed by atoms with van der Waals surface area (Å²) < 4.78 is 27.4. The van der Waals surface area contributed by atoms with Gasteiger partial charge in [-0.25, -0.2) is 8.78 Å². The second-order valence-electron chi connectivity index (χ2n) is 7.11. The van der Waals surface area contributed by atoms with Gasteiger partial charge in [-0.2, -0.15) is 0 Å². The van der Waals surface area contributed by atoms with E-state index in [9.17, 15) is 18.7 Å². The Balaban J connectivity index is 1.70. The topological polar surface area (TPSA) is 52.6 Å². The molecule has 0 bridgehead atoms. The van der Waals surface area contributed by atoms with Crippen LogP contribution in [0.4, 0.5) is 8.78 Å². The Hall–Kier alpha value is -2.31. The highest BCUT2D eigenvalue weighted by molar-refractivity contribution is 5.74. The highest BCUT2D eigenvalue weighted by Crippen LogP contribution is 2.35. The number of carbonyl (C=O) groups excluding carboxylic acids is 1. The fraction of sp³-hybridized carbons (Fsp3) is 0.381. The van der Waals surface area contributed by atoms with Crippen molar-refractivity contribution in [2.75, 3.05) is 19.6 Å². The van der Waals surface area contributed by atoms with Gasteiger partial charge in [0, 0.05) is 32.1 Å². The molecule has 1 saturated heterocycles. The van der Waals surface area contributed by atoms with Crippen molar-refractivity contribution in [3.8, 4) is 0 Å². The first kappa shape index (κ1) is 19.5. The summed E-state index contributed by atoms with van der Waals surface area (Å²) in [4.78, 5) is 13.8. The fourth-order valence-corrected chi connectivity index (χ4v) is 3.80. The molecule has 144 valence electrons. The predicted octanol–water partition coefficient (Wildman–Crippen LogP) is 3.13. The summed E-state index contributed by atoms with van der Waals surface area (Å²) in [7, 11) is 0. The Morgan fingerprint density at radius 3 is 2.37 bits per heavy atom. The number of piperidine rings is 1. The number of nitrogens with one attached hydrogen (secondary N) is 1. The third-order valence-electron chi connectivity index (χ3n) is 5.20. The molecule has 27 heavy (non-hydrogen) atoms. The van der Waals surface area contributed by atoms with E-state index in [2.05, 4.69) is 10.2 Å². The van der Waals surface area contributed by atoms with Crippen LogP contribution >= 0.6 is 0 Å². The molecule has 2 aromatic rings. The molecule has 1 heterocycles. The average Bonchev–Trinajstić information content (AvgIpc) is 2.64. The number of benzene rings is 2. The monoisotopic (exact) mass is 374 g/mol. The van der Waals surface area contributed by atoms with Crippen LogP contribution in [0.25, 0.3) is 0 Å². The molecule has 0 aliphatic carbocycles. The number of aliphatic hydroxyl groups excluding tert-OH is 1. The Morgan fingerprint density at radius 2 is 1.78 bits per heavy atom. The van der Waals surface area contributed by atoms with Gasteiger partial charge in [-0.05, 0) is 36.6 Å². The lowest BCUT2D eigenvalue weighted by molar-refractivity contribution is -0.121. The average molecular weight is 374 g/mol. The van der Waals surface area contributed by atoms with Crippen LogP contribution in [0.1, 0.15) is 37.0 Å². The largest absolute Gasteiger partial charge is 0.387 e. The van der Waals surface area contributed by atoms with Gasteiger partial charge in [-0.1, -0.05) is 30.3 Å². The van der Waals surface area contributed by atoms with Crippen LogP contribution in [0.2, 0.25) is 0 Å². The summed E-state index contributed by atoms with van der Waals surface area (Å²) in [5, 5.41) is 13.4. The molecule has 0 saturated carbocycles. The number of carbonyl (C=O) groups is 1. The third-order valence-corrected chi connectivity index (χ3v) is 5.20. The van der Waals surface area contributed by atoms with Crippen molar-refractivity contribution in [1.82, 2.24) is 10.2 Å². The number of halogens is 2. The Labute approximate surface area is 157 Å². The maximum Gasteiger partial charge on any atom is 0.217 e. The van der Waals surface area contributed by atoms with E-state index in [0.717, 1.165) is 0 Å². The van der Waals surface area contributed by atoms with Crippen molar-refractivity contribution in [2.45, 2.75) is 31.4 Å². The number of β-amino-alcohol motifs (C(OH)–C–C–N with tert-alkyl or cyclic N) is 1. The van der Waals surface area contributed by atoms with Crippen LogP contribution in [0.5, 0.6) is 0 Å². The zero-order valence-electron chi connectivity index (χ0n) is 15.3. The molecule has 0 spiro atoms. The first-order chi connectivity index (χ1) is 12.9. The molecule has 0 unspecified atom stereocenters.